The minimum absolute atomic E-state index is 0. The van der Waals surface area contributed by atoms with Gasteiger partial charge in [-0.1, -0.05) is 17.7 Å². The molecule has 3 rings (SSSR count). The summed E-state index contributed by atoms with van der Waals surface area (Å²) in [5, 5.41) is 14.0. The van der Waals surface area contributed by atoms with E-state index in [-0.39, 0.29) is 41.2 Å². The van der Waals surface area contributed by atoms with E-state index >= 15 is 0 Å². The van der Waals surface area contributed by atoms with Gasteiger partial charge in [0, 0.05) is 36.1 Å². The molecule has 0 spiro atoms. The maximum absolute atomic E-state index is 12.4. The molecule has 2 aromatic heterocycles. The number of aromatic nitrogens is 2. The Morgan fingerprint density at radius 1 is 1.33 bits per heavy atom. The minimum Gasteiger partial charge on any atom is -0.543 e. The van der Waals surface area contributed by atoms with Crippen molar-refractivity contribution in [3.8, 4) is 5.13 Å². The van der Waals surface area contributed by atoms with Gasteiger partial charge in [0.15, 0.2) is 5.13 Å². The first-order valence-corrected chi connectivity index (χ1v) is 7.83. The molecule has 0 saturated carbocycles. The Hall–Kier alpha value is -1.38. The summed E-state index contributed by atoms with van der Waals surface area (Å²) < 4.78 is 1.66. The van der Waals surface area contributed by atoms with Crippen LogP contribution < -0.4 is 34.7 Å². The first kappa shape index (κ1) is 19.0. The maximum atomic E-state index is 12.4. The first-order valence-electron chi connectivity index (χ1n) is 6.58. The van der Waals surface area contributed by atoms with E-state index in [9.17, 15) is 14.7 Å². The molecule has 0 unspecified atom stereocenters. The first-order chi connectivity index (χ1) is 10.9. The Kier molecular flexibility index (Phi) is 5.72. The fraction of sp³-hybridized carbons (Fsp3) is 0.133. The molecule has 0 saturated heterocycles. The number of carboxylic acid groups (broad SMARTS) is 1. The van der Waals surface area contributed by atoms with Crippen molar-refractivity contribution in [1.82, 2.24) is 14.5 Å². The van der Waals surface area contributed by atoms with Gasteiger partial charge in [-0.05, 0) is 12.1 Å². The van der Waals surface area contributed by atoms with Crippen LogP contribution in [0.4, 0.5) is 0 Å². The standard InChI is InChI=1S/C15H12ClN3O3S.Na/c1-18(2)13(20)10-6-19(12-5-8(16)3-4-9(10)12)15-17-11(7-23-15)14(21)22;/h3-7H,1-2H3,(H,21,22);/q;+1/p-1. The second-order valence-electron chi connectivity index (χ2n) is 5.08. The van der Waals surface area contributed by atoms with E-state index in [4.69, 9.17) is 11.6 Å². The average molecular weight is 372 g/mol. The molecular formula is C15H11ClN3NaO3S. The van der Waals surface area contributed by atoms with Crippen molar-refractivity contribution in [2.45, 2.75) is 0 Å². The maximum Gasteiger partial charge on any atom is 1.00 e. The van der Waals surface area contributed by atoms with Crippen molar-refractivity contribution >= 4 is 45.7 Å². The van der Waals surface area contributed by atoms with E-state index in [0.29, 0.717) is 21.2 Å². The summed E-state index contributed by atoms with van der Waals surface area (Å²) in [4.78, 5) is 28.8. The second kappa shape index (κ2) is 7.25. The minimum atomic E-state index is -1.34. The molecule has 0 radical (unpaired) electrons. The topological polar surface area (TPSA) is 78.3 Å². The number of benzene rings is 1. The summed E-state index contributed by atoms with van der Waals surface area (Å²) in [5.41, 5.74) is 1.03. The van der Waals surface area contributed by atoms with E-state index in [2.05, 4.69) is 4.98 Å². The van der Waals surface area contributed by atoms with Crippen molar-refractivity contribution in [3.63, 3.8) is 0 Å². The molecule has 0 fully saturated rings. The Morgan fingerprint density at radius 2 is 2.04 bits per heavy atom. The van der Waals surface area contributed by atoms with Crippen LogP contribution in [0.15, 0.2) is 29.8 Å². The third kappa shape index (κ3) is 3.36. The van der Waals surface area contributed by atoms with Crippen molar-refractivity contribution in [3.05, 3.63) is 46.1 Å². The number of halogens is 1. The van der Waals surface area contributed by atoms with Crippen LogP contribution in [0.2, 0.25) is 5.02 Å². The van der Waals surface area contributed by atoms with Crippen molar-refractivity contribution in [2.24, 2.45) is 0 Å². The van der Waals surface area contributed by atoms with Crippen molar-refractivity contribution < 1.29 is 44.3 Å². The summed E-state index contributed by atoms with van der Waals surface area (Å²) in [7, 11) is 3.33. The quantitative estimate of drug-likeness (QED) is 0.542. The number of hydrogen-bond acceptors (Lipinski definition) is 5. The molecule has 0 atom stereocenters. The molecule has 2 heterocycles. The molecule has 6 nitrogen and oxygen atoms in total. The van der Waals surface area contributed by atoms with Gasteiger partial charge >= 0.3 is 29.6 Å². The zero-order valence-corrected chi connectivity index (χ0v) is 16.8. The van der Waals surface area contributed by atoms with Crippen LogP contribution in [0.25, 0.3) is 16.0 Å². The molecule has 0 aliphatic rings. The van der Waals surface area contributed by atoms with Gasteiger partial charge in [-0.15, -0.1) is 11.3 Å². The zero-order chi connectivity index (χ0) is 16.7. The van der Waals surface area contributed by atoms with Gasteiger partial charge in [0.1, 0.15) is 0 Å². The summed E-state index contributed by atoms with van der Waals surface area (Å²) >= 11 is 7.20. The third-order valence-corrected chi connectivity index (χ3v) is 4.39. The fourth-order valence-electron chi connectivity index (χ4n) is 2.24. The SMILES string of the molecule is CN(C)C(=O)c1cn(-c2nc(C(=O)[O-])cs2)c2cc(Cl)ccc12.[Na+]. The number of amides is 1. The largest absolute Gasteiger partial charge is 1.00 e. The predicted molar refractivity (Wildman–Crippen MR) is 86.3 cm³/mol. The van der Waals surface area contributed by atoms with Gasteiger partial charge in [-0.2, -0.15) is 0 Å². The van der Waals surface area contributed by atoms with Gasteiger partial charge in [-0.25, -0.2) is 4.98 Å². The van der Waals surface area contributed by atoms with E-state index in [1.165, 1.54) is 10.3 Å². The number of thiazole rings is 1. The summed E-state index contributed by atoms with van der Waals surface area (Å²) in [5.74, 6) is -1.50. The molecule has 9 heteroatoms. The van der Waals surface area contributed by atoms with E-state index < -0.39 is 5.97 Å². The number of aromatic carboxylic acids is 1. The predicted octanol–water partition coefficient (Wildman–Crippen LogP) is -1.19. The molecule has 1 amide bonds. The fourth-order valence-corrected chi connectivity index (χ4v) is 3.19. The van der Waals surface area contributed by atoms with Gasteiger partial charge in [-0.3, -0.25) is 9.36 Å². The number of hydrogen-bond donors (Lipinski definition) is 0. The van der Waals surface area contributed by atoms with Gasteiger partial charge in [0.05, 0.1) is 22.7 Å². The van der Waals surface area contributed by atoms with Gasteiger partial charge < -0.3 is 14.8 Å². The molecule has 3 aromatic rings. The summed E-state index contributed by atoms with van der Waals surface area (Å²) in [6.45, 7) is 0. The molecule has 1 aromatic carbocycles. The van der Waals surface area contributed by atoms with Gasteiger partial charge in [0.25, 0.3) is 5.91 Å². The van der Waals surface area contributed by atoms with Crippen LogP contribution in [0, 0.1) is 0 Å². The zero-order valence-electron chi connectivity index (χ0n) is 13.2. The van der Waals surface area contributed by atoms with Crippen LogP contribution >= 0.6 is 22.9 Å². The number of carbonyl (C=O) groups is 2. The Morgan fingerprint density at radius 3 is 2.62 bits per heavy atom. The number of fused-ring (bicyclic) bond motifs is 1. The number of carboxylic acids is 1. The van der Waals surface area contributed by atoms with Crippen LogP contribution in [0.3, 0.4) is 0 Å². The Bertz CT molecular complexity index is 935. The normalized spacial score (nSPS) is 10.5. The average Bonchev–Trinajstić information content (AvgIpc) is 3.10. The monoisotopic (exact) mass is 371 g/mol. The second-order valence-corrected chi connectivity index (χ2v) is 6.35. The van der Waals surface area contributed by atoms with Crippen molar-refractivity contribution in [2.75, 3.05) is 14.1 Å². The summed E-state index contributed by atoms with van der Waals surface area (Å²) in [6.07, 6.45) is 1.64. The molecular weight excluding hydrogens is 361 g/mol. The molecule has 0 N–H and O–H groups in total. The third-order valence-electron chi connectivity index (χ3n) is 3.31. The van der Waals surface area contributed by atoms with Crippen LogP contribution in [-0.2, 0) is 0 Å². The Balaban J connectivity index is 0.00000208. The van der Waals surface area contributed by atoms with Gasteiger partial charge in [0.2, 0.25) is 0 Å². The summed E-state index contributed by atoms with van der Waals surface area (Å²) in [6, 6.07) is 5.18. The molecule has 0 bridgehead atoms. The van der Waals surface area contributed by atoms with Crippen LogP contribution in [0.5, 0.6) is 0 Å². The van der Waals surface area contributed by atoms with E-state index in [1.54, 1.807) is 43.1 Å². The van der Waals surface area contributed by atoms with Crippen molar-refractivity contribution in [1.29, 1.82) is 0 Å². The Labute approximate surface area is 169 Å². The van der Waals surface area contributed by atoms with Crippen LogP contribution in [0.1, 0.15) is 20.8 Å². The van der Waals surface area contributed by atoms with E-state index in [0.717, 1.165) is 16.7 Å². The number of carbonyl (C=O) groups excluding carboxylic acids is 2. The molecule has 0 aliphatic heterocycles. The van der Waals surface area contributed by atoms with Crippen LogP contribution in [-0.4, -0.2) is 40.4 Å². The number of rotatable bonds is 3. The molecule has 24 heavy (non-hydrogen) atoms. The molecule has 0 aliphatic carbocycles. The number of nitrogens with zero attached hydrogens (tertiary/aromatic N) is 3. The smallest absolute Gasteiger partial charge is 0.543 e. The molecule has 118 valence electrons. The van der Waals surface area contributed by atoms with E-state index in [1.807, 2.05) is 0 Å².